The molecule has 2 aromatic rings. The molecular formula is C11H11Cl3N4O3. The van der Waals surface area contributed by atoms with E-state index in [9.17, 15) is 9.59 Å². The lowest BCUT2D eigenvalue weighted by atomic mass is 10.4. The molecule has 0 aliphatic rings. The molecule has 0 spiro atoms. The molecule has 21 heavy (non-hydrogen) atoms. The van der Waals surface area contributed by atoms with Crippen LogP contribution in [0, 0.1) is 6.92 Å². The molecule has 0 aromatic carbocycles. The van der Waals surface area contributed by atoms with Crippen molar-refractivity contribution in [3.8, 4) is 5.75 Å². The van der Waals surface area contributed by atoms with Gasteiger partial charge in [-0.1, -0.05) is 34.8 Å². The van der Waals surface area contributed by atoms with Crippen molar-refractivity contribution in [2.45, 2.75) is 6.92 Å². The molecule has 0 fully saturated rings. The molecule has 10 heteroatoms. The number of rotatable bonds is 1. The molecule has 0 saturated carbocycles. The molecule has 0 radical (unpaired) electrons. The molecule has 7 nitrogen and oxygen atoms in total. The zero-order chi connectivity index (χ0) is 16.2. The summed E-state index contributed by atoms with van der Waals surface area (Å²) in [6.45, 7) is 1.71. The summed E-state index contributed by atoms with van der Waals surface area (Å²) in [7, 11) is 2.95. The molecule has 1 N–H and O–H groups in total. The van der Waals surface area contributed by atoms with Crippen LogP contribution in [-0.2, 0) is 7.05 Å². The highest BCUT2D eigenvalue weighted by Gasteiger charge is 2.11. The minimum Gasteiger partial charge on any atom is -0.490 e. The number of hydrogen-bond donors (Lipinski definition) is 1. The standard InChI is InChI=1S/C7H9ClN2O2.C4H2Cl2N2O/c1-4-5(8)6(12-3)7(11)10(2)9-4;5-2-1-7-8-4(9)3(2)6/h1-3H3;1H,(H,8,9). The van der Waals surface area contributed by atoms with E-state index in [1.165, 1.54) is 18.0 Å². The largest absolute Gasteiger partial charge is 0.490 e. The highest BCUT2D eigenvalue weighted by atomic mass is 35.5. The molecule has 114 valence electrons. The lowest BCUT2D eigenvalue weighted by Crippen LogP contribution is -2.22. The summed E-state index contributed by atoms with van der Waals surface area (Å²) in [6.07, 6.45) is 1.27. The molecule has 0 bridgehead atoms. The Morgan fingerprint density at radius 3 is 2.33 bits per heavy atom. The Kier molecular flexibility index (Phi) is 6.19. The van der Waals surface area contributed by atoms with Crippen molar-refractivity contribution in [2.24, 2.45) is 7.05 Å². The fourth-order valence-corrected chi connectivity index (χ4v) is 1.68. The summed E-state index contributed by atoms with van der Waals surface area (Å²) in [5, 5.41) is 9.81. The van der Waals surface area contributed by atoms with E-state index in [0.29, 0.717) is 5.69 Å². The van der Waals surface area contributed by atoms with Crippen LogP contribution < -0.4 is 15.9 Å². The topological polar surface area (TPSA) is 89.9 Å². The van der Waals surface area contributed by atoms with Crippen LogP contribution in [0.2, 0.25) is 15.1 Å². The average Bonchev–Trinajstić information content (AvgIpc) is 2.44. The van der Waals surface area contributed by atoms with E-state index in [4.69, 9.17) is 39.5 Å². The maximum atomic E-state index is 11.3. The van der Waals surface area contributed by atoms with Crippen molar-refractivity contribution >= 4 is 34.8 Å². The van der Waals surface area contributed by atoms with E-state index in [1.54, 1.807) is 14.0 Å². The molecule has 0 aliphatic carbocycles. The third kappa shape index (κ3) is 4.20. The van der Waals surface area contributed by atoms with E-state index in [-0.39, 0.29) is 26.4 Å². The highest BCUT2D eigenvalue weighted by molar-refractivity contribution is 6.41. The Bertz CT molecular complexity index is 757. The van der Waals surface area contributed by atoms with E-state index >= 15 is 0 Å². The van der Waals surface area contributed by atoms with Crippen molar-refractivity contribution in [1.29, 1.82) is 0 Å². The molecular weight excluding hydrogens is 343 g/mol. The summed E-state index contributed by atoms with van der Waals surface area (Å²) in [5.74, 6) is 0.145. The molecule has 2 rings (SSSR count). The van der Waals surface area contributed by atoms with Gasteiger partial charge < -0.3 is 4.74 Å². The Hall–Kier alpha value is -1.57. The van der Waals surface area contributed by atoms with Crippen LogP contribution in [0.4, 0.5) is 0 Å². The number of hydrogen-bond acceptors (Lipinski definition) is 5. The van der Waals surface area contributed by atoms with Gasteiger partial charge in [-0.25, -0.2) is 9.78 Å². The van der Waals surface area contributed by atoms with E-state index in [1.807, 2.05) is 0 Å². The van der Waals surface area contributed by atoms with Gasteiger partial charge in [-0.2, -0.15) is 10.2 Å². The second-order valence-corrected chi connectivity index (χ2v) is 4.89. The number of halogens is 3. The van der Waals surface area contributed by atoms with Gasteiger partial charge in [-0.3, -0.25) is 9.59 Å². The first-order chi connectivity index (χ1) is 9.79. The first kappa shape index (κ1) is 17.5. The average molecular weight is 354 g/mol. The van der Waals surface area contributed by atoms with E-state index < -0.39 is 5.56 Å². The SMILES string of the molecule is COc1c(Cl)c(C)nn(C)c1=O.O=c1[nH]ncc(Cl)c1Cl. The Balaban J connectivity index is 0.000000219. The van der Waals surface area contributed by atoms with Crippen LogP contribution in [0.1, 0.15) is 5.69 Å². The van der Waals surface area contributed by atoms with Gasteiger partial charge in [0.2, 0.25) is 5.75 Å². The van der Waals surface area contributed by atoms with Crippen LogP contribution in [0.15, 0.2) is 15.8 Å². The summed E-state index contributed by atoms with van der Waals surface area (Å²) in [5.41, 5.74) is -0.215. The first-order valence-corrected chi connectivity index (χ1v) is 6.59. The number of nitrogens with zero attached hydrogens (tertiary/aromatic N) is 3. The predicted octanol–water partition coefficient (Wildman–Crippen LogP) is 1.83. The quantitative estimate of drug-likeness (QED) is 0.844. The Labute approximate surface area is 134 Å². The van der Waals surface area contributed by atoms with Crippen LogP contribution in [-0.4, -0.2) is 27.1 Å². The van der Waals surface area contributed by atoms with Gasteiger partial charge in [-0.15, -0.1) is 0 Å². The van der Waals surface area contributed by atoms with Gasteiger partial charge in [0.1, 0.15) is 10.0 Å². The third-order valence-electron chi connectivity index (χ3n) is 2.26. The number of aromatic nitrogens is 4. The summed E-state index contributed by atoms with van der Waals surface area (Å²) < 4.78 is 6.03. The molecule has 0 amide bonds. The van der Waals surface area contributed by atoms with Crippen LogP contribution >= 0.6 is 34.8 Å². The summed E-state index contributed by atoms with van der Waals surface area (Å²) >= 11 is 16.5. The number of H-pyrrole nitrogens is 1. The van der Waals surface area contributed by atoms with Crippen molar-refractivity contribution < 1.29 is 4.74 Å². The number of nitrogens with one attached hydrogen (secondary N) is 1. The summed E-state index contributed by atoms with van der Waals surface area (Å²) in [6, 6.07) is 0. The highest BCUT2D eigenvalue weighted by Crippen LogP contribution is 2.20. The Morgan fingerprint density at radius 2 is 1.86 bits per heavy atom. The predicted molar refractivity (Wildman–Crippen MR) is 80.7 cm³/mol. The van der Waals surface area contributed by atoms with E-state index in [0.717, 1.165) is 0 Å². The normalized spacial score (nSPS) is 9.81. The fraction of sp³-hybridized carbons (Fsp3) is 0.273. The van der Waals surface area contributed by atoms with Crippen molar-refractivity contribution in [1.82, 2.24) is 20.0 Å². The number of methoxy groups -OCH3 is 1. The minimum absolute atomic E-state index is 0.0216. The molecule has 0 aliphatic heterocycles. The summed E-state index contributed by atoms with van der Waals surface area (Å²) in [4.78, 5) is 21.8. The second-order valence-electron chi connectivity index (χ2n) is 3.72. The number of aromatic amines is 1. The second kappa shape index (κ2) is 7.44. The van der Waals surface area contributed by atoms with Crippen LogP contribution in [0.3, 0.4) is 0 Å². The van der Waals surface area contributed by atoms with E-state index in [2.05, 4.69) is 15.3 Å². The number of aryl methyl sites for hydroxylation is 2. The van der Waals surface area contributed by atoms with Crippen molar-refractivity contribution in [3.05, 3.63) is 47.7 Å². The molecule has 2 heterocycles. The van der Waals surface area contributed by atoms with Crippen LogP contribution in [0.5, 0.6) is 5.75 Å². The first-order valence-electron chi connectivity index (χ1n) is 5.45. The van der Waals surface area contributed by atoms with Crippen LogP contribution in [0.25, 0.3) is 0 Å². The van der Waals surface area contributed by atoms with Gasteiger partial charge in [0.15, 0.2) is 0 Å². The molecule has 0 unspecified atom stereocenters. The van der Waals surface area contributed by atoms with Crippen molar-refractivity contribution in [2.75, 3.05) is 7.11 Å². The monoisotopic (exact) mass is 352 g/mol. The van der Waals surface area contributed by atoms with Gasteiger partial charge in [0, 0.05) is 7.05 Å². The number of ether oxygens (including phenoxy) is 1. The zero-order valence-electron chi connectivity index (χ0n) is 11.3. The van der Waals surface area contributed by atoms with Gasteiger partial charge >= 0.3 is 5.56 Å². The van der Waals surface area contributed by atoms with Crippen molar-refractivity contribution in [3.63, 3.8) is 0 Å². The zero-order valence-corrected chi connectivity index (χ0v) is 13.5. The maximum Gasteiger partial charge on any atom is 0.310 e. The smallest absolute Gasteiger partial charge is 0.310 e. The lowest BCUT2D eigenvalue weighted by Gasteiger charge is -2.05. The fourth-order valence-electron chi connectivity index (χ4n) is 1.26. The van der Waals surface area contributed by atoms with Gasteiger partial charge in [0.25, 0.3) is 5.56 Å². The molecule has 0 atom stereocenters. The molecule has 2 aromatic heterocycles. The Morgan fingerprint density at radius 1 is 1.24 bits per heavy atom. The van der Waals surface area contributed by atoms with Gasteiger partial charge in [-0.05, 0) is 6.92 Å². The molecule has 0 saturated heterocycles. The van der Waals surface area contributed by atoms with Gasteiger partial charge in [0.05, 0.1) is 24.0 Å². The lowest BCUT2D eigenvalue weighted by molar-refractivity contribution is 0.400. The third-order valence-corrected chi connectivity index (χ3v) is 3.47. The maximum absolute atomic E-state index is 11.3. The minimum atomic E-state index is -0.468.